The van der Waals surface area contributed by atoms with Gasteiger partial charge in [-0.15, -0.1) is 11.3 Å². The lowest BCUT2D eigenvalue weighted by atomic mass is 10.2. The number of halogens is 4. The van der Waals surface area contributed by atoms with Crippen molar-refractivity contribution in [2.75, 3.05) is 0 Å². The number of rotatable bonds is 1. The zero-order chi connectivity index (χ0) is 13.6. The van der Waals surface area contributed by atoms with Crippen LogP contribution in [0.15, 0.2) is 15.9 Å². The highest BCUT2D eigenvalue weighted by molar-refractivity contribution is 9.10. The Kier molecular flexibility index (Phi) is 3.11. The van der Waals surface area contributed by atoms with Crippen LogP contribution in [0.3, 0.4) is 0 Å². The van der Waals surface area contributed by atoms with E-state index < -0.39 is 11.9 Å². The maximum Gasteiger partial charge on any atom is 0.433 e. The molecule has 0 aromatic carbocycles. The molecule has 3 nitrogen and oxygen atoms in total. The molecule has 0 spiro atoms. The van der Waals surface area contributed by atoms with Crippen LogP contribution in [0.1, 0.15) is 17.0 Å². The molecule has 1 N–H and O–H groups in total. The van der Waals surface area contributed by atoms with Gasteiger partial charge in [0, 0.05) is 28.5 Å². The fraction of sp³-hybridized carbons (Fsp3) is 0.273. The van der Waals surface area contributed by atoms with Crippen LogP contribution in [0.4, 0.5) is 13.2 Å². The van der Waals surface area contributed by atoms with Crippen molar-refractivity contribution < 1.29 is 13.2 Å². The zero-order valence-electron chi connectivity index (χ0n) is 9.38. The van der Waals surface area contributed by atoms with Crippen LogP contribution in [-0.2, 0) is 19.3 Å². The molecule has 100 valence electrons. The van der Waals surface area contributed by atoms with Crippen molar-refractivity contribution in [1.82, 2.24) is 15.3 Å². The van der Waals surface area contributed by atoms with Crippen LogP contribution in [0.2, 0.25) is 0 Å². The molecule has 0 saturated heterocycles. The monoisotopic (exact) mass is 349 g/mol. The molecule has 3 rings (SSSR count). The van der Waals surface area contributed by atoms with Crippen molar-refractivity contribution in [3.8, 4) is 10.7 Å². The number of nitrogens with one attached hydrogen (secondary N) is 1. The Balaban J connectivity index is 2.18. The zero-order valence-corrected chi connectivity index (χ0v) is 11.8. The number of fused-ring (bicyclic) bond motifs is 1. The predicted octanol–water partition coefficient (Wildman–Crippen LogP) is 3.59. The average molecular weight is 350 g/mol. The van der Waals surface area contributed by atoms with Gasteiger partial charge in [0.1, 0.15) is 0 Å². The number of aromatic nitrogens is 2. The summed E-state index contributed by atoms with van der Waals surface area (Å²) in [7, 11) is 0. The first kappa shape index (κ1) is 13.0. The first-order valence-corrected chi connectivity index (χ1v) is 7.04. The summed E-state index contributed by atoms with van der Waals surface area (Å²) < 4.78 is 39.9. The molecule has 1 aliphatic heterocycles. The van der Waals surface area contributed by atoms with Crippen LogP contribution >= 0.6 is 27.3 Å². The maximum absolute atomic E-state index is 13.0. The van der Waals surface area contributed by atoms with Gasteiger partial charge in [-0.05, 0) is 22.0 Å². The molecule has 0 radical (unpaired) electrons. The third-order valence-electron chi connectivity index (χ3n) is 2.74. The standard InChI is InChI=1S/C11H7BrF3N3S/c12-5-1-8(19-4-5)10-17-7-3-16-2-6(7)9(18-10)11(13,14)15/h1,4,16H,2-3H2. The molecule has 19 heavy (non-hydrogen) atoms. The molecule has 0 fully saturated rings. The van der Waals surface area contributed by atoms with Gasteiger partial charge in [-0.3, -0.25) is 0 Å². The Morgan fingerprint density at radius 2 is 2.05 bits per heavy atom. The molecule has 0 saturated carbocycles. The van der Waals surface area contributed by atoms with Gasteiger partial charge in [-0.2, -0.15) is 13.2 Å². The van der Waals surface area contributed by atoms with E-state index in [2.05, 4.69) is 31.2 Å². The SMILES string of the molecule is FC(F)(F)c1nc(-c2cc(Br)cs2)nc2c1CNC2. The average Bonchev–Trinajstić information content (AvgIpc) is 2.94. The van der Waals surface area contributed by atoms with Gasteiger partial charge in [0.2, 0.25) is 0 Å². The van der Waals surface area contributed by atoms with Crippen LogP contribution in [-0.4, -0.2) is 9.97 Å². The second-order valence-electron chi connectivity index (χ2n) is 4.05. The van der Waals surface area contributed by atoms with Crippen molar-refractivity contribution in [1.29, 1.82) is 0 Å². The summed E-state index contributed by atoms with van der Waals surface area (Å²) in [6, 6.07) is 1.72. The minimum atomic E-state index is -4.46. The number of hydrogen-bond donors (Lipinski definition) is 1. The van der Waals surface area contributed by atoms with E-state index in [1.165, 1.54) is 11.3 Å². The van der Waals surface area contributed by atoms with Crippen molar-refractivity contribution in [2.24, 2.45) is 0 Å². The topological polar surface area (TPSA) is 37.8 Å². The van der Waals surface area contributed by atoms with Crippen molar-refractivity contribution >= 4 is 27.3 Å². The molecule has 2 aromatic rings. The van der Waals surface area contributed by atoms with E-state index in [1.807, 2.05) is 0 Å². The minimum absolute atomic E-state index is 0.130. The van der Waals surface area contributed by atoms with E-state index in [1.54, 1.807) is 11.4 Å². The highest BCUT2D eigenvalue weighted by atomic mass is 79.9. The van der Waals surface area contributed by atoms with Crippen LogP contribution in [0, 0.1) is 0 Å². The van der Waals surface area contributed by atoms with Gasteiger partial charge in [-0.1, -0.05) is 0 Å². The Morgan fingerprint density at radius 3 is 2.68 bits per heavy atom. The third kappa shape index (κ3) is 2.39. The normalized spacial score (nSPS) is 14.7. The molecule has 0 bridgehead atoms. The second kappa shape index (κ2) is 4.53. The number of alkyl halides is 3. The van der Waals surface area contributed by atoms with Crippen LogP contribution in [0.5, 0.6) is 0 Å². The molecule has 0 unspecified atom stereocenters. The molecule has 2 aromatic heterocycles. The first-order chi connectivity index (χ1) is 8.95. The Hall–Kier alpha value is -0.990. The minimum Gasteiger partial charge on any atom is -0.307 e. The van der Waals surface area contributed by atoms with Crippen molar-refractivity contribution in [3.63, 3.8) is 0 Å². The number of hydrogen-bond acceptors (Lipinski definition) is 4. The molecular weight excluding hydrogens is 343 g/mol. The quantitative estimate of drug-likeness (QED) is 0.854. The molecule has 0 atom stereocenters. The Labute approximate surface area is 119 Å². The highest BCUT2D eigenvalue weighted by Crippen LogP contribution is 2.36. The van der Waals surface area contributed by atoms with Crippen molar-refractivity contribution in [2.45, 2.75) is 19.3 Å². The van der Waals surface area contributed by atoms with E-state index in [0.717, 1.165) is 4.47 Å². The van der Waals surface area contributed by atoms with E-state index >= 15 is 0 Å². The largest absolute Gasteiger partial charge is 0.433 e. The summed E-state index contributed by atoms with van der Waals surface area (Å²) in [5, 5.41) is 4.66. The first-order valence-electron chi connectivity index (χ1n) is 5.37. The van der Waals surface area contributed by atoms with E-state index in [4.69, 9.17) is 0 Å². The van der Waals surface area contributed by atoms with Gasteiger partial charge < -0.3 is 5.32 Å². The summed E-state index contributed by atoms with van der Waals surface area (Å²) in [6.45, 7) is 0.513. The van der Waals surface area contributed by atoms with E-state index in [0.29, 0.717) is 17.1 Å². The van der Waals surface area contributed by atoms with Crippen LogP contribution in [0.25, 0.3) is 10.7 Å². The van der Waals surface area contributed by atoms with Crippen LogP contribution < -0.4 is 5.32 Å². The second-order valence-corrected chi connectivity index (χ2v) is 5.88. The lowest BCUT2D eigenvalue weighted by Gasteiger charge is -2.11. The lowest BCUT2D eigenvalue weighted by Crippen LogP contribution is -2.14. The van der Waals surface area contributed by atoms with Gasteiger partial charge in [-0.25, -0.2) is 9.97 Å². The summed E-state index contributed by atoms with van der Waals surface area (Å²) >= 11 is 4.58. The molecule has 0 aliphatic carbocycles. The number of thiophene rings is 1. The summed E-state index contributed by atoms with van der Waals surface area (Å²) in [5.74, 6) is 0.130. The van der Waals surface area contributed by atoms with E-state index in [-0.39, 0.29) is 17.9 Å². The van der Waals surface area contributed by atoms with Gasteiger partial charge in [0.15, 0.2) is 11.5 Å². The molecule has 8 heteroatoms. The fourth-order valence-electron chi connectivity index (χ4n) is 1.94. The fourth-order valence-corrected chi connectivity index (χ4v) is 3.30. The predicted molar refractivity (Wildman–Crippen MR) is 68.6 cm³/mol. The molecule has 1 aliphatic rings. The summed E-state index contributed by atoms with van der Waals surface area (Å²) in [6.07, 6.45) is -4.46. The van der Waals surface area contributed by atoms with Gasteiger partial charge >= 0.3 is 6.18 Å². The molecule has 0 amide bonds. The van der Waals surface area contributed by atoms with Crippen molar-refractivity contribution in [3.05, 3.63) is 32.9 Å². The summed E-state index contributed by atoms with van der Waals surface area (Å²) in [5.41, 5.74) is -0.240. The Bertz CT molecular complexity index is 639. The molecule has 3 heterocycles. The highest BCUT2D eigenvalue weighted by Gasteiger charge is 2.38. The molecular formula is C11H7BrF3N3S. The van der Waals surface area contributed by atoms with E-state index in [9.17, 15) is 13.2 Å². The third-order valence-corrected chi connectivity index (χ3v) is 4.43. The smallest absolute Gasteiger partial charge is 0.307 e. The maximum atomic E-state index is 13.0. The van der Waals surface area contributed by atoms with Gasteiger partial charge in [0.25, 0.3) is 0 Å². The van der Waals surface area contributed by atoms with Gasteiger partial charge in [0.05, 0.1) is 10.6 Å². The summed E-state index contributed by atoms with van der Waals surface area (Å²) in [4.78, 5) is 8.56. The lowest BCUT2D eigenvalue weighted by molar-refractivity contribution is -0.141. The number of nitrogens with zero attached hydrogens (tertiary/aromatic N) is 2. The Morgan fingerprint density at radius 1 is 1.26 bits per heavy atom.